The van der Waals surface area contributed by atoms with E-state index in [0.29, 0.717) is 12.5 Å². The van der Waals surface area contributed by atoms with Crippen LogP contribution < -0.4 is 4.74 Å². The maximum absolute atomic E-state index is 12.5. The molecule has 0 aromatic heterocycles. The van der Waals surface area contributed by atoms with Crippen molar-refractivity contribution in [2.75, 3.05) is 45.9 Å². The zero-order valence-corrected chi connectivity index (χ0v) is 14.5. The van der Waals surface area contributed by atoms with E-state index in [4.69, 9.17) is 4.74 Å². The first-order valence-corrected chi connectivity index (χ1v) is 8.96. The third-order valence-electron chi connectivity index (χ3n) is 5.21. The predicted octanol–water partition coefficient (Wildman–Crippen LogP) is 1.54. The van der Waals surface area contributed by atoms with E-state index >= 15 is 0 Å². The van der Waals surface area contributed by atoms with Gasteiger partial charge in [-0.25, -0.2) is 0 Å². The van der Waals surface area contributed by atoms with Gasteiger partial charge in [0.1, 0.15) is 5.75 Å². The summed E-state index contributed by atoms with van der Waals surface area (Å²) in [7, 11) is 0. The Bertz CT molecular complexity index is 557. The van der Waals surface area contributed by atoms with E-state index in [1.165, 1.54) is 12.8 Å². The Morgan fingerprint density at radius 1 is 1.25 bits per heavy atom. The first-order chi connectivity index (χ1) is 11.7. The summed E-state index contributed by atoms with van der Waals surface area (Å²) in [5.74, 6) is 1.30. The second-order valence-corrected chi connectivity index (χ2v) is 7.11. The number of hydrogen-bond donors (Lipinski definition) is 1. The van der Waals surface area contributed by atoms with Crippen LogP contribution in [0.25, 0.3) is 0 Å². The van der Waals surface area contributed by atoms with Crippen molar-refractivity contribution in [2.45, 2.75) is 19.8 Å². The van der Waals surface area contributed by atoms with Crippen LogP contribution in [-0.2, 0) is 4.79 Å². The fourth-order valence-electron chi connectivity index (χ4n) is 3.79. The third kappa shape index (κ3) is 4.28. The molecular formula is C19H28N2O3. The lowest BCUT2D eigenvalue weighted by molar-refractivity contribution is -0.132. The first-order valence-electron chi connectivity index (χ1n) is 8.96. The molecule has 0 saturated carbocycles. The molecule has 132 valence electrons. The highest BCUT2D eigenvalue weighted by molar-refractivity contribution is 5.78. The molecule has 1 aromatic rings. The number of hydrogen-bond acceptors (Lipinski definition) is 4. The number of ether oxygens (including phenoxy) is 1. The maximum Gasteiger partial charge on any atom is 0.260 e. The van der Waals surface area contributed by atoms with E-state index in [1.54, 1.807) is 0 Å². The van der Waals surface area contributed by atoms with Crippen LogP contribution in [0.4, 0.5) is 0 Å². The minimum absolute atomic E-state index is 0.0129. The molecule has 24 heavy (non-hydrogen) atoms. The normalized spacial score (nSPS) is 24.5. The highest BCUT2D eigenvalue weighted by atomic mass is 16.5. The van der Waals surface area contributed by atoms with Gasteiger partial charge >= 0.3 is 0 Å². The van der Waals surface area contributed by atoms with Crippen molar-refractivity contribution in [2.24, 2.45) is 11.8 Å². The smallest absolute Gasteiger partial charge is 0.260 e. The Hall–Kier alpha value is -1.59. The van der Waals surface area contributed by atoms with Gasteiger partial charge in [-0.2, -0.15) is 0 Å². The van der Waals surface area contributed by atoms with Gasteiger partial charge < -0.3 is 19.6 Å². The molecule has 0 spiro atoms. The molecule has 1 aromatic carbocycles. The number of likely N-dealkylation sites (tertiary alicyclic amines) is 2. The van der Waals surface area contributed by atoms with Gasteiger partial charge in [-0.05, 0) is 56.5 Å². The van der Waals surface area contributed by atoms with Crippen LogP contribution in [0, 0.1) is 18.8 Å². The number of amides is 1. The summed E-state index contributed by atoms with van der Waals surface area (Å²) in [4.78, 5) is 16.8. The molecule has 5 heteroatoms. The van der Waals surface area contributed by atoms with Gasteiger partial charge in [0.25, 0.3) is 5.91 Å². The molecule has 1 N–H and O–H groups in total. The largest absolute Gasteiger partial charge is 0.484 e. The Balaban J connectivity index is 1.51. The third-order valence-corrected chi connectivity index (χ3v) is 5.21. The summed E-state index contributed by atoms with van der Waals surface area (Å²) < 4.78 is 5.63. The van der Waals surface area contributed by atoms with Gasteiger partial charge in [0.05, 0.1) is 0 Å². The van der Waals surface area contributed by atoms with Crippen molar-refractivity contribution in [3.63, 3.8) is 0 Å². The molecule has 2 atom stereocenters. The molecule has 3 rings (SSSR count). The van der Waals surface area contributed by atoms with E-state index < -0.39 is 0 Å². The average molecular weight is 332 g/mol. The van der Waals surface area contributed by atoms with Crippen LogP contribution in [0.1, 0.15) is 18.4 Å². The van der Waals surface area contributed by atoms with Crippen molar-refractivity contribution < 1.29 is 14.6 Å². The molecule has 0 unspecified atom stereocenters. The minimum Gasteiger partial charge on any atom is -0.484 e. The van der Waals surface area contributed by atoms with Crippen molar-refractivity contribution in [3.8, 4) is 5.75 Å². The molecule has 2 saturated heterocycles. The van der Waals surface area contributed by atoms with E-state index in [1.807, 2.05) is 36.1 Å². The summed E-state index contributed by atoms with van der Waals surface area (Å²) >= 11 is 0. The molecule has 2 aliphatic heterocycles. The summed E-state index contributed by atoms with van der Waals surface area (Å²) in [5.41, 5.74) is 1.12. The zero-order valence-electron chi connectivity index (χ0n) is 14.5. The molecule has 0 aliphatic carbocycles. The number of benzene rings is 1. The molecule has 2 aliphatic rings. The molecule has 2 heterocycles. The van der Waals surface area contributed by atoms with Crippen LogP contribution >= 0.6 is 0 Å². The number of rotatable bonds is 6. The number of aliphatic hydroxyl groups excluding tert-OH is 1. The van der Waals surface area contributed by atoms with Crippen molar-refractivity contribution >= 4 is 5.91 Å². The number of carbonyl (C=O) groups excluding carboxylic acids is 1. The first kappa shape index (κ1) is 17.2. The zero-order chi connectivity index (χ0) is 16.9. The van der Waals surface area contributed by atoms with Gasteiger partial charge in [-0.1, -0.05) is 12.1 Å². The molecule has 2 fully saturated rings. The Morgan fingerprint density at radius 3 is 2.71 bits per heavy atom. The SMILES string of the molecule is Cc1cccc(OCC(=O)N2C[C@@H](CN3CCCC3)[C@@H](CO)C2)c1. The van der Waals surface area contributed by atoms with Crippen molar-refractivity contribution in [1.82, 2.24) is 9.80 Å². The maximum atomic E-state index is 12.5. The van der Waals surface area contributed by atoms with E-state index in [-0.39, 0.29) is 25.0 Å². The van der Waals surface area contributed by atoms with E-state index in [2.05, 4.69) is 4.90 Å². The minimum atomic E-state index is 0.0129. The van der Waals surface area contributed by atoms with Crippen LogP contribution in [-0.4, -0.2) is 66.8 Å². The van der Waals surface area contributed by atoms with Crippen molar-refractivity contribution in [1.29, 1.82) is 0 Å². The second kappa shape index (κ2) is 7.99. The number of aryl methyl sites for hydroxylation is 1. The standard InChI is InChI=1S/C19H28N2O3/c1-15-5-4-6-18(9-15)24-14-19(23)21-11-16(17(12-21)13-22)10-20-7-2-3-8-20/h4-6,9,16-17,22H,2-3,7-8,10-14H2,1H3/t16-,17-/m1/s1. The fourth-order valence-corrected chi connectivity index (χ4v) is 3.79. The molecule has 0 bridgehead atoms. The Labute approximate surface area is 144 Å². The molecule has 1 amide bonds. The monoisotopic (exact) mass is 332 g/mol. The summed E-state index contributed by atoms with van der Waals surface area (Å²) in [6.45, 7) is 6.90. The van der Waals surface area contributed by atoms with Gasteiger partial charge in [-0.15, -0.1) is 0 Å². The number of carbonyl (C=O) groups is 1. The lowest BCUT2D eigenvalue weighted by atomic mass is 9.96. The fraction of sp³-hybridized carbons (Fsp3) is 0.632. The van der Waals surface area contributed by atoms with Gasteiger partial charge in [-0.3, -0.25) is 4.79 Å². The summed E-state index contributed by atoms with van der Waals surface area (Å²) in [6.07, 6.45) is 2.53. The Morgan fingerprint density at radius 2 is 2.00 bits per heavy atom. The number of aliphatic hydroxyl groups is 1. The lowest BCUT2D eigenvalue weighted by Gasteiger charge is -2.22. The van der Waals surface area contributed by atoms with Gasteiger partial charge in [0, 0.05) is 32.2 Å². The van der Waals surface area contributed by atoms with Crippen LogP contribution in [0.15, 0.2) is 24.3 Å². The predicted molar refractivity (Wildman–Crippen MR) is 93.0 cm³/mol. The van der Waals surface area contributed by atoms with E-state index in [0.717, 1.165) is 37.5 Å². The molecule has 0 radical (unpaired) electrons. The number of nitrogens with zero attached hydrogens (tertiary/aromatic N) is 2. The van der Waals surface area contributed by atoms with Crippen molar-refractivity contribution in [3.05, 3.63) is 29.8 Å². The lowest BCUT2D eigenvalue weighted by Crippen LogP contribution is -2.34. The summed E-state index contributed by atoms with van der Waals surface area (Å²) in [6, 6.07) is 7.74. The molecule has 5 nitrogen and oxygen atoms in total. The quantitative estimate of drug-likeness (QED) is 0.858. The van der Waals surface area contributed by atoms with Crippen LogP contribution in [0.2, 0.25) is 0 Å². The average Bonchev–Trinajstić information content (AvgIpc) is 3.23. The highest BCUT2D eigenvalue weighted by Crippen LogP contribution is 2.25. The van der Waals surface area contributed by atoms with Gasteiger partial charge in [0.2, 0.25) is 0 Å². The van der Waals surface area contributed by atoms with Crippen LogP contribution in [0.3, 0.4) is 0 Å². The highest BCUT2D eigenvalue weighted by Gasteiger charge is 2.36. The summed E-state index contributed by atoms with van der Waals surface area (Å²) in [5, 5.41) is 9.66. The Kier molecular flexibility index (Phi) is 5.74. The second-order valence-electron chi connectivity index (χ2n) is 7.11. The van der Waals surface area contributed by atoms with Gasteiger partial charge in [0.15, 0.2) is 6.61 Å². The topological polar surface area (TPSA) is 53.0 Å². The molecular weight excluding hydrogens is 304 g/mol. The van der Waals surface area contributed by atoms with Crippen LogP contribution in [0.5, 0.6) is 5.75 Å². The van der Waals surface area contributed by atoms with E-state index in [9.17, 15) is 9.90 Å².